The predicted molar refractivity (Wildman–Crippen MR) is 110 cm³/mol. The fourth-order valence-corrected chi connectivity index (χ4v) is 2.85. The molecule has 0 atom stereocenters. The lowest BCUT2D eigenvalue weighted by Crippen LogP contribution is -2.28. The number of H-pyrrole nitrogens is 1. The molecule has 0 fully saturated rings. The molecule has 0 saturated heterocycles. The summed E-state index contributed by atoms with van der Waals surface area (Å²) in [6.45, 7) is 0.438. The smallest absolute Gasteiger partial charge is 0.270 e. The lowest BCUT2D eigenvalue weighted by molar-refractivity contribution is 0.0948. The molecule has 1 heterocycles. The number of rotatable bonds is 8. The Bertz CT molecular complexity index is 1010. The molecular formula is C22H23N3O4. The second-order valence-electron chi connectivity index (χ2n) is 6.46. The van der Waals surface area contributed by atoms with E-state index in [1.165, 1.54) is 6.07 Å². The van der Waals surface area contributed by atoms with Crippen molar-refractivity contribution in [2.75, 3.05) is 20.8 Å². The summed E-state index contributed by atoms with van der Waals surface area (Å²) in [7, 11) is 3.22. The van der Waals surface area contributed by atoms with Gasteiger partial charge in [-0.05, 0) is 41.8 Å². The highest BCUT2D eigenvalue weighted by molar-refractivity contribution is 5.92. The number of ether oxygens (including phenoxy) is 2. The number of carbonyl (C=O) groups is 1. The van der Waals surface area contributed by atoms with E-state index < -0.39 is 0 Å². The van der Waals surface area contributed by atoms with Gasteiger partial charge in [-0.15, -0.1) is 0 Å². The minimum atomic E-state index is -0.374. The van der Waals surface area contributed by atoms with E-state index in [9.17, 15) is 9.59 Å². The zero-order valence-corrected chi connectivity index (χ0v) is 16.4. The largest absolute Gasteiger partial charge is 0.497 e. The molecule has 0 aliphatic carbocycles. The van der Waals surface area contributed by atoms with E-state index in [0.29, 0.717) is 25.2 Å². The summed E-state index contributed by atoms with van der Waals surface area (Å²) >= 11 is 0. The lowest BCUT2D eigenvalue weighted by Gasteiger charge is -2.07. The Kier molecular flexibility index (Phi) is 6.63. The zero-order valence-electron chi connectivity index (χ0n) is 16.4. The number of hydrogen-bond donors (Lipinski definition) is 2. The summed E-state index contributed by atoms with van der Waals surface area (Å²) in [5.41, 5.74) is 1.77. The van der Waals surface area contributed by atoms with Gasteiger partial charge in [-0.1, -0.05) is 24.3 Å². The van der Waals surface area contributed by atoms with Crippen molar-refractivity contribution >= 4 is 5.91 Å². The molecule has 1 aromatic heterocycles. The van der Waals surface area contributed by atoms with Gasteiger partial charge in [0.05, 0.1) is 14.2 Å². The maximum absolute atomic E-state index is 12.4. The molecule has 2 aromatic carbocycles. The van der Waals surface area contributed by atoms with Crippen LogP contribution in [0.1, 0.15) is 27.4 Å². The number of nitrogens with zero attached hydrogens (tertiary/aromatic N) is 1. The van der Waals surface area contributed by atoms with Crippen LogP contribution in [-0.4, -0.2) is 36.6 Å². The monoisotopic (exact) mass is 393 g/mol. The van der Waals surface area contributed by atoms with Crippen molar-refractivity contribution in [2.45, 2.75) is 12.8 Å². The molecule has 0 bridgehead atoms. The van der Waals surface area contributed by atoms with E-state index in [1.54, 1.807) is 14.2 Å². The molecule has 1 amide bonds. The Morgan fingerprint density at radius 3 is 2.14 bits per heavy atom. The van der Waals surface area contributed by atoms with E-state index in [1.807, 2.05) is 48.5 Å². The van der Waals surface area contributed by atoms with Crippen LogP contribution in [0.2, 0.25) is 0 Å². The Hall–Kier alpha value is -3.61. The lowest BCUT2D eigenvalue weighted by atomic mass is 10.1. The second kappa shape index (κ2) is 9.54. The van der Waals surface area contributed by atoms with Crippen LogP contribution in [-0.2, 0) is 12.8 Å². The molecule has 3 aromatic rings. The van der Waals surface area contributed by atoms with Crippen LogP contribution in [0, 0.1) is 0 Å². The first kappa shape index (κ1) is 20.1. The Morgan fingerprint density at radius 1 is 0.966 bits per heavy atom. The molecular weight excluding hydrogens is 370 g/mol. The summed E-state index contributed by atoms with van der Waals surface area (Å²) in [6.07, 6.45) is 1.07. The summed E-state index contributed by atoms with van der Waals surface area (Å²) in [6, 6.07) is 16.3. The van der Waals surface area contributed by atoms with Crippen LogP contribution in [0.15, 0.2) is 59.4 Å². The average Bonchev–Trinajstić information content (AvgIpc) is 2.74. The number of benzene rings is 2. The minimum Gasteiger partial charge on any atom is -0.497 e. The third-order valence-corrected chi connectivity index (χ3v) is 4.41. The van der Waals surface area contributed by atoms with Gasteiger partial charge < -0.3 is 19.8 Å². The van der Waals surface area contributed by atoms with Gasteiger partial charge in [0, 0.05) is 19.0 Å². The van der Waals surface area contributed by atoms with E-state index in [4.69, 9.17) is 9.47 Å². The fourth-order valence-electron chi connectivity index (χ4n) is 2.85. The van der Waals surface area contributed by atoms with Gasteiger partial charge in [0.25, 0.3) is 11.5 Å². The van der Waals surface area contributed by atoms with E-state index in [2.05, 4.69) is 15.3 Å². The van der Waals surface area contributed by atoms with E-state index in [-0.39, 0.29) is 17.2 Å². The van der Waals surface area contributed by atoms with Crippen molar-refractivity contribution in [1.29, 1.82) is 0 Å². The highest BCUT2D eigenvalue weighted by Gasteiger charge is 2.10. The van der Waals surface area contributed by atoms with Crippen molar-refractivity contribution in [2.24, 2.45) is 0 Å². The molecule has 2 N–H and O–H groups in total. The molecule has 150 valence electrons. The number of carbonyl (C=O) groups excluding carboxylic acids is 1. The second-order valence-corrected chi connectivity index (χ2v) is 6.46. The van der Waals surface area contributed by atoms with Crippen molar-refractivity contribution < 1.29 is 14.3 Å². The molecule has 3 rings (SSSR count). The Labute approximate surface area is 168 Å². The third kappa shape index (κ3) is 5.68. The average molecular weight is 393 g/mol. The van der Waals surface area contributed by atoms with Crippen LogP contribution in [0.4, 0.5) is 0 Å². The number of nitrogens with one attached hydrogen (secondary N) is 2. The molecule has 29 heavy (non-hydrogen) atoms. The summed E-state index contributed by atoms with van der Waals surface area (Å²) < 4.78 is 10.3. The van der Waals surface area contributed by atoms with Gasteiger partial charge in [0.1, 0.15) is 23.0 Å². The van der Waals surface area contributed by atoms with Crippen molar-refractivity contribution in [1.82, 2.24) is 15.3 Å². The van der Waals surface area contributed by atoms with Crippen LogP contribution in [0.3, 0.4) is 0 Å². The van der Waals surface area contributed by atoms with Crippen molar-refractivity contribution in [3.63, 3.8) is 0 Å². The highest BCUT2D eigenvalue weighted by atomic mass is 16.5. The van der Waals surface area contributed by atoms with Crippen LogP contribution in [0.5, 0.6) is 11.5 Å². The molecule has 0 unspecified atom stereocenters. The molecule has 7 heteroatoms. The molecule has 0 aliphatic rings. The van der Waals surface area contributed by atoms with Crippen LogP contribution in [0.25, 0.3) is 0 Å². The minimum absolute atomic E-state index is 0.104. The first-order valence-corrected chi connectivity index (χ1v) is 9.21. The quantitative estimate of drug-likeness (QED) is 0.613. The number of amides is 1. The molecule has 0 spiro atoms. The summed E-state index contributed by atoms with van der Waals surface area (Å²) in [4.78, 5) is 31.4. The van der Waals surface area contributed by atoms with Crippen LogP contribution < -0.4 is 20.3 Å². The highest BCUT2D eigenvalue weighted by Crippen LogP contribution is 2.13. The molecule has 7 nitrogen and oxygen atoms in total. The van der Waals surface area contributed by atoms with Gasteiger partial charge in [-0.25, -0.2) is 4.98 Å². The summed E-state index contributed by atoms with van der Waals surface area (Å²) in [5.74, 6) is 1.60. The van der Waals surface area contributed by atoms with Gasteiger partial charge in [-0.2, -0.15) is 0 Å². The Morgan fingerprint density at radius 2 is 1.55 bits per heavy atom. The zero-order chi connectivity index (χ0) is 20.6. The normalized spacial score (nSPS) is 10.4. The van der Waals surface area contributed by atoms with Crippen LogP contribution >= 0.6 is 0 Å². The third-order valence-electron chi connectivity index (χ3n) is 4.41. The maximum atomic E-state index is 12.4. The van der Waals surface area contributed by atoms with Crippen molar-refractivity contribution in [3.05, 3.63) is 87.6 Å². The first-order valence-electron chi connectivity index (χ1n) is 9.21. The first-order chi connectivity index (χ1) is 14.1. The number of aromatic amines is 1. The number of methoxy groups -OCH3 is 2. The molecule has 0 radical (unpaired) electrons. The van der Waals surface area contributed by atoms with E-state index in [0.717, 1.165) is 22.6 Å². The topological polar surface area (TPSA) is 93.3 Å². The number of aromatic nitrogens is 2. The van der Waals surface area contributed by atoms with Gasteiger partial charge in [-0.3, -0.25) is 9.59 Å². The SMILES string of the molecule is COc1ccc(CCNC(=O)c2cc(=O)[nH]c(Cc3ccc(OC)cc3)n2)cc1. The standard InChI is InChI=1S/C22H23N3O4/c1-28-17-7-3-15(4-8-17)11-12-23-22(27)19-14-21(26)25-20(24-19)13-16-5-9-18(29-2)10-6-16/h3-10,14H,11-13H2,1-2H3,(H,23,27)(H,24,25,26). The molecule has 0 aliphatic heterocycles. The molecule has 0 saturated carbocycles. The predicted octanol–water partition coefficient (Wildman–Crippen LogP) is 2.35. The van der Waals surface area contributed by atoms with Crippen molar-refractivity contribution in [3.8, 4) is 11.5 Å². The van der Waals surface area contributed by atoms with Gasteiger partial charge in [0.2, 0.25) is 0 Å². The van der Waals surface area contributed by atoms with Gasteiger partial charge >= 0.3 is 0 Å². The fraction of sp³-hybridized carbons (Fsp3) is 0.227. The van der Waals surface area contributed by atoms with E-state index >= 15 is 0 Å². The Balaban J connectivity index is 1.61. The maximum Gasteiger partial charge on any atom is 0.270 e. The number of hydrogen-bond acceptors (Lipinski definition) is 5. The van der Waals surface area contributed by atoms with Gasteiger partial charge in [0.15, 0.2) is 0 Å². The summed E-state index contributed by atoms with van der Waals surface area (Å²) in [5, 5.41) is 2.81.